The summed E-state index contributed by atoms with van der Waals surface area (Å²) in [6, 6.07) is 1.72. The third kappa shape index (κ3) is 2.02. The quantitative estimate of drug-likeness (QED) is 0.795. The average molecular weight is 195 g/mol. The van der Waals surface area contributed by atoms with Crippen molar-refractivity contribution in [3.05, 3.63) is 23.4 Å². The first kappa shape index (κ1) is 10.5. The molecule has 1 N–H and O–H groups in total. The van der Waals surface area contributed by atoms with Crippen molar-refractivity contribution in [2.45, 2.75) is 19.8 Å². The lowest BCUT2D eigenvalue weighted by Gasteiger charge is -2.07. The highest BCUT2D eigenvalue weighted by atomic mass is 16.5. The minimum atomic E-state index is -0.988. The third-order valence-electron chi connectivity index (χ3n) is 1.93. The van der Waals surface area contributed by atoms with Crippen LogP contribution in [-0.4, -0.2) is 23.2 Å². The van der Waals surface area contributed by atoms with Crippen LogP contribution >= 0.6 is 0 Å². The number of aromatic nitrogens is 1. The van der Waals surface area contributed by atoms with Crippen LogP contribution in [0.15, 0.2) is 12.3 Å². The minimum absolute atomic E-state index is 0.178. The SMILES string of the molecule is CCCc1ccnc(OC)c1C(=O)O. The van der Waals surface area contributed by atoms with Crippen molar-refractivity contribution in [2.75, 3.05) is 7.11 Å². The number of carboxylic acid groups (broad SMARTS) is 1. The molecule has 0 fully saturated rings. The maximum absolute atomic E-state index is 11.0. The van der Waals surface area contributed by atoms with Crippen LogP contribution in [0.1, 0.15) is 29.3 Å². The van der Waals surface area contributed by atoms with Crippen molar-refractivity contribution in [2.24, 2.45) is 0 Å². The molecule has 1 heterocycles. The molecule has 0 aromatic carbocycles. The summed E-state index contributed by atoms with van der Waals surface area (Å²) in [5, 5.41) is 8.98. The van der Waals surface area contributed by atoms with Crippen molar-refractivity contribution in [3.8, 4) is 5.88 Å². The number of rotatable bonds is 4. The van der Waals surface area contributed by atoms with Crippen molar-refractivity contribution in [3.63, 3.8) is 0 Å². The molecule has 0 unspecified atom stereocenters. The molecule has 1 aromatic heterocycles. The van der Waals surface area contributed by atoms with Gasteiger partial charge in [-0.25, -0.2) is 9.78 Å². The molecule has 76 valence electrons. The Morgan fingerprint density at radius 1 is 1.64 bits per heavy atom. The molecule has 4 nitrogen and oxygen atoms in total. The number of methoxy groups -OCH3 is 1. The number of pyridine rings is 1. The van der Waals surface area contributed by atoms with Crippen LogP contribution in [0, 0.1) is 0 Å². The summed E-state index contributed by atoms with van der Waals surface area (Å²) >= 11 is 0. The average Bonchev–Trinajstić information content (AvgIpc) is 2.17. The van der Waals surface area contributed by atoms with Gasteiger partial charge in [-0.1, -0.05) is 13.3 Å². The zero-order valence-corrected chi connectivity index (χ0v) is 8.28. The summed E-state index contributed by atoms with van der Waals surface area (Å²) in [5.74, 6) is -0.804. The first-order valence-electron chi connectivity index (χ1n) is 4.45. The smallest absolute Gasteiger partial charge is 0.341 e. The van der Waals surface area contributed by atoms with Crippen molar-refractivity contribution < 1.29 is 14.6 Å². The standard InChI is InChI=1S/C10H13NO3/c1-3-4-7-5-6-11-9(14-2)8(7)10(12)13/h5-6H,3-4H2,1-2H3,(H,12,13). The minimum Gasteiger partial charge on any atom is -0.480 e. The van der Waals surface area contributed by atoms with Crippen molar-refractivity contribution in [1.82, 2.24) is 4.98 Å². The lowest BCUT2D eigenvalue weighted by molar-refractivity contribution is 0.0691. The number of ether oxygens (including phenoxy) is 1. The zero-order valence-electron chi connectivity index (χ0n) is 8.28. The molecule has 0 saturated carbocycles. The monoisotopic (exact) mass is 195 g/mol. The summed E-state index contributed by atoms with van der Waals surface area (Å²) in [6.07, 6.45) is 3.18. The van der Waals surface area contributed by atoms with E-state index in [1.165, 1.54) is 7.11 Å². The van der Waals surface area contributed by atoms with Gasteiger partial charge >= 0.3 is 5.97 Å². The van der Waals surface area contributed by atoms with E-state index in [1.54, 1.807) is 12.3 Å². The van der Waals surface area contributed by atoms with Crippen LogP contribution < -0.4 is 4.74 Å². The van der Waals surface area contributed by atoms with Gasteiger partial charge in [0.15, 0.2) is 0 Å². The second-order valence-corrected chi connectivity index (χ2v) is 2.91. The van der Waals surface area contributed by atoms with E-state index >= 15 is 0 Å². The predicted molar refractivity (Wildman–Crippen MR) is 51.7 cm³/mol. The van der Waals surface area contributed by atoms with Crippen molar-refractivity contribution >= 4 is 5.97 Å². The second kappa shape index (κ2) is 4.60. The Kier molecular flexibility index (Phi) is 3.45. The molecule has 1 rings (SSSR count). The lowest BCUT2D eigenvalue weighted by Crippen LogP contribution is -2.06. The van der Waals surface area contributed by atoms with E-state index < -0.39 is 5.97 Å². The number of nitrogens with zero attached hydrogens (tertiary/aromatic N) is 1. The number of carbonyl (C=O) groups is 1. The van der Waals surface area contributed by atoms with Gasteiger partial charge in [0.05, 0.1) is 7.11 Å². The zero-order chi connectivity index (χ0) is 10.6. The summed E-state index contributed by atoms with van der Waals surface area (Å²) in [5.41, 5.74) is 0.948. The Hall–Kier alpha value is -1.58. The first-order valence-corrected chi connectivity index (χ1v) is 4.45. The molecule has 0 amide bonds. The third-order valence-corrected chi connectivity index (χ3v) is 1.93. The van der Waals surface area contributed by atoms with Crippen LogP contribution in [0.2, 0.25) is 0 Å². The van der Waals surface area contributed by atoms with Crippen LogP contribution in [0.3, 0.4) is 0 Å². The Bertz CT molecular complexity index is 336. The summed E-state index contributed by atoms with van der Waals surface area (Å²) in [4.78, 5) is 14.8. The first-order chi connectivity index (χ1) is 6.70. The molecule has 0 atom stereocenters. The van der Waals surface area contributed by atoms with E-state index in [4.69, 9.17) is 9.84 Å². The molecular weight excluding hydrogens is 182 g/mol. The van der Waals surface area contributed by atoms with Gasteiger partial charge in [0.25, 0.3) is 0 Å². The Balaban J connectivity index is 3.20. The fourth-order valence-corrected chi connectivity index (χ4v) is 1.34. The van der Waals surface area contributed by atoms with E-state index in [1.807, 2.05) is 6.92 Å². The number of aryl methyl sites for hydroxylation is 1. The number of hydrogen-bond acceptors (Lipinski definition) is 3. The Morgan fingerprint density at radius 3 is 2.86 bits per heavy atom. The van der Waals surface area contributed by atoms with Gasteiger partial charge in [0.1, 0.15) is 5.56 Å². The second-order valence-electron chi connectivity index (χ2n) is 2.91. The van der Waals surface area contributed by atoms with Crippen LogP contribution in [-0.2, 0) is 6.42 Å². The number of aromatic carboxylic acids is 1. The van der Waals surface area contributed by atoms with Gasteiger partial charge in [-0.15, -0.1) is 0 Å². The highest BCUT2D eigenvalue weighted by molar-refractivity contribution is 5.91. The molecular formula is C10H13NO3. The van der Waals surface area contributed by atoms with Gasteiger partial charge in [-0.3, -0.25) is 0 Å². The molecule has 14 heavy (non-hydrogen) atoms. The van der Waals surface area contributed by atoms with Crippen molar-refractivity contribution in [1.29, 1.82) is 0 Å². The van der Waals surface area contributed by atoms with E-state index in [0.717, 1.165) is 18.4 Å². The van der Waals surface area contributed by atoms with Crippen LogP contribution in [0.4, 0.5) is 0 Å². The molecule has 0 aliphatic heterocycles. The molecule has 1 aromatic rings. The molecule has 0 bridgehead atoms. The van der Waals surface area contributed by atoms with Crippen LogP contribution in [0.25, 0.3) is 0 Å². The van der Waals surface area contributed by atoms with Gasteiger partial charge in [0, 0.05) is 6.20 Å². The molecule has 4 heteroatoms. The Morgan fingerprint density at radius 2 is 2.36 bits per heavy atom. The number of hydrogen-bond donors (Lipinski definition) is 1. The van der Waals surface area contributed by atoms with Gasteiger partial charge in [-0.2, -0.15) is 0 Å². The number of carboxylic acids is 1. The predicted octanol–water partition coefficient (Wildman–Crippen LogP) is 1.74. The summed E-state index contributed by atoms with van der Waals surface area (Å²) in [7, 11) is 1.42. The fourth-order valence-electron chi connectivity index (χ4n) is 1.34. The largest absolute Gasteiger partial charge is 0.480 e. The van der Waals surface area contributed by atoms with E-state index in [-0.39, 0.29) is 11.4 Å². The van der Waals surface area contributed by atoms with Gasteiger partial charge in [-0.05, 0) is 18.1 Å². The molecule has 0 spiro atoms. The molecule has 0 radical (unpaired) electrons. The lowest BCUT2D eigenvalue weighted by atomic mass is 10.1. The maximum Gasteiger partial charge on any atom is 0.341 e. The van der Waals surface area contributed by atoms with E-state index in [9.17, 15) is 4.79 Å². The summed E-state index contributed by atoms with van der Waals surface area (Å²) < 4.78 is 4.90. The van der Waals surface area contributed by atoms with Gasteiger partial charge < -0.3 is 9.84 Å². The van der Waals surface area contributed by atoms with Gasteiger partial charge in [0.2, 0.25) is 5.88 Å². The normalized spacial score (nSPS) is 9.86. The maximum atomic E-state index is 11.0. The molecule has 0 aliphatic rings. The molecule has 0 aliphatic carbocycles. The van der Waals surface area contributed by atoms with E-state index in [2.05, 4.69) is 4.98 Å². The topological polar surface area (TPSA) is 59.4 Å². The van der Waals surface area contributed by atoms with Crippen LogP contribution in [0.5, 0.6) is 5.88 Å². The molecule has 0 saturated heterocycles. The summed E-state index contributed by atoms with van der Waals surface area (Å²) in [6.45, 7) is 2.00. The highest BCUT2D eigenvalue weighted by Crippen LogP contribution is 2.20. The Labute approximate surface area is 82.5 Å². The van der Waals surface area contributed by atoms with E-state index in [0.29, 0.717) is 0 Å². The fraction of sp³-hybridized carbons (Fsp3) is 0.400. The highest BCUT2D eigenvalue weighted by Gasteiger charge is 2.16.